The van der Waals surface area contributed by atoms with Crippen LogP contribution in [-0.2, 0) is 17.5 Å². The van der Waals surface area contributed by atoms with Gasteiger partial charge in [0, 0.05) is 13.1 Å². The summed E-state index contributed by atoms with van der Waals surface area (Å²) < 4.78 is 51.5. The van der Waals surface area contributed by atoms with E-state index in [9.17, 15) is 22.4 Å². The minimum atomic E-state index is -4.65. The first kappa shape index (κ1) is 16.7. The smallest absolute Gasteiger partial charge is 0.351 e. The Bertz CT molecular complexity index is 545. The zero-order valence-corrected chi connectivity index (χ0v) is 12.2. The number of carbonyl (C=O) groups excluding carboxylic acids is 1. The van der Waals surface area contributed by atoms with Crippen molar-refractivity contribution in [1.29, 1.82) is 0 Å². The molecule has 1 saturated heterocycles. The molecule has 1 aromatic rings. The van der Waals surface area contributed by atoms with Crippen molar-refractivity contribution in [2.75, 3.05) is 19.6 Å². The predicted octanol–water partition coefficient (Wildman–Crippen LogP) is 2.80. The summed E-state index contributed by atoms with van der Waals surface area (Å²) in [6, 6.07) is 2.46. The van der Waals surface area contributed by atoms with Gasteiger partial charge >= 0.3 is 6.18 Å². The van der Waals surface area contributed by atoms with Crippen LogP contribution in [0.25, 0.3) is 0 Å². The lowest BCUT2D eigenvalue weighted by atomic mass is 10.1. The molecule has 7 heteroatoms. The lowest BCUT2D eigenvalue weighted by Gasteiger charge is -2.16. The number of hydrogen-bond acceptors (Lipinski definition) is 2. The van der Waals surface area contributed by atoms with E-state index < -0.39 is 17.6 Å². The van der Waals surface area contributed by atoms with Gasteiger partial charge in [-0.3, -0.25) is 9.69 Å². The summed E-state index contributed by atoms with van der Waals surface area (Å²) in [6.07, 6.45) is -3.63. The van der Waals surface area contributed by atoms with Crippen molar-refractivity contribution < 1.29 is 22.4 Å². The summed E-state index contributed by atoms with van der Waals surface area (Å²) in [6.45, 7) is 3.63. The second kappa shape index (κ2) is 6.64. The Morgan fingerprint density at radius 2 is 2.14 bits per heavy atom. The molecule has 1 aliphatic heterocycles. The number of halogens is 4. The molecule has 1 N–H and O–H groups in total. The Labute approximate surface area is 126 Å². The molecular formula is C15H18F4N2O. The van der Waals surface area contributed by atoms with E-state index in [1.807, 2.05) is 4.90 Å². The van der Waals surface area contributed by atoms with Gasteiger partial charge in [-0.1, -0.05) is 13.0 Å². The molecular weight excluding hydrogens is 300 g/mol. The highest BCUT2D eigenvalue weighted by atomic mass is 19.4. The fourth-order valence-corrected chi connectivity index (χ4v) is 2.59. The highest BCUT2D eigenvalue weighted by Crippen LogP contribution is 2.32. The molecule has 0 aromatic heterocycles. The van der Waals surface area contributed by atoms with Gasteiger partial charge in [-0.2, -0.15) is 13.2 Å². The van der Waals surface area contributed by atoms with Gasteiger partial charge in [0.2, 0.25) is 5.91 Å². The van der Waals surface area contributed by atoms with Crippen molar-refractivity contribution in [3.63, 3.8) is 0 Å². The molecule has 122 valence electrons. The van der Waals surface area contributed by atoms with Crippen LogP contribution in [0.3, 0.4) is 0 Å². The number of alkyl halides is 3. The zero-order chi connectivity index (χ0) is 16.3. The molecule has 1 fully saturated rings. The maximum Gasteiger partial charge on any atom is 0.416 e. The Morgan fingerprint density at radius 3 is 2.73 bits per heavy atom. The molecule has 3 nitrogen and oxygen atoms in total. The van der Waals surface area contributed by atoms with Gasteiger partial charge in [-0.15, -0.1) is 0 Å². The minimum Gasteiger partial charge on any atom is -0.351 e. The summed E-state index contributed by atoms with van der Waals surface area (Å²) in [4.78, 5) is 13.8. The lowest BCUT2D eigenvalue weighted by molar-refractivity contribution is -0.138. The highest BCUT2D eigenvalue weighted by Gasteiger charge is 2.33. The highest BCUT2D eigenvalue weighted by molar-refractivity contribution is 5.78. The topological polar surface area (TPSA) is 32.3 Å². The Hall–Kier alpha value is -1.63. The molecule has 1 unspecified atom stereocenters. The van der Waals surface area contributed by atoms with E-state index in [1.54, 1.807) is 0 Å². The summed E-state index contributed by atoms with van der Waals surface area (Å²) in [7, 11) is 0. The first-order chi connectivity index (χ1) is 10.3. The number of nitrogens with one attached hydrogen (secondary N) is 1. The molecule has 22 heavy (non-hydrogen) atoms. The van der Waals surface area contributed by atoms with Gasteiger partial charge in [-0.25, -0.2) is 4.39 Å². The quantitative estimate of drug-likeness (QED) is 0.866. The fraction of sp³-hybridized carbons (Fsp3) is 0.533. The van der Waals surface area contributed by atoms with Crippen LogP contribution in [-0.4, -0.2) is 30.4 Å². The van der Waals surface area contributed by atoms with E-state index in [0.717, 1.165) is 31.6 Å². The van der Waals surface area contributed by atoms with Crippen molar-refractivity contribution in [3.05, 3.63) is 35.1 Å². The number of amides is 1. The van der Waals surface area contributed by atoms with Gasteiger partial charge < -0.3 is 5.32 Å². The zero-order valence-electron chi connectivity index (χ0n) is 12.2. The van der Waals surface area contributed by atoms with Crippen molar-refractivity contribution in [1.82, 2.24) is 10.2 Å². The summed E-state index contributed by atoms with van der Waals surface area (Å²) in [5, 5.41) is 2.47. The second-order valence-electron chi connectivity index (χ2n) is 5.70. The van der Waals surface area contributed by atoms with Crippen LogP contribution in [0.1, 0.15) is 24.5 Å². The number of rotatable bonds is 4. The molecule has 1 heterocycles. The van der Waals surface area contributed by atoms with E-state index in [2.05, 4.69) is 12.2 Å². The number of likely N-dealkylation sites (tertiary alicyclic amines) is 1. The molecule has 0 radical (unpaired) electrons. The van der Waals surface area contributed by atoms with Crippen molar-refractivity contribution in [2.45, 2.75) is 26.1 Å². The number of benzene rings is 1. The summed E-state index contributed by atoms with van der Waals surface area (Å²) >= 11 is 0. The average Bonchev–Trinajstić information content (AvgIpc) is 2.81. The molecule has 1 aromatic carbocycles. The van der Waals surface area contributed by atoms with E-state index in [0.29, 0.717) is 12.0 Å². The van der Waals surface area contributed by atoms with Crippen LogP contribution in [0.15, 0.2) is 18.2 Å². The lowest BCUT2D eigenvalue weighted by Crippen LogP contribution is -2.36. The Kier molecular flexibility index (Phi) is 5.05. The molecule has 0 saturated carbocycles. The number of nitrogens with zero attached hydrogens (tertiary/aromatic N) is 1. The Morgan fingerprint density at radius 1 is 1.41 bits per heavy atom. The van der Waals surface area contributed by atoms with E-state index in [1.165, 1.54) is 0 Å². The van der Waals surface area contributed by atoms with Gasteiger partial charge in [-0.05, 0) is 36.6 Å². The average molecular weight is 318 g/mol. The van der Waals surface area contributed by atoms with Crippen LogP contribution in [0.5, 0.6) is 0 Å². The normalized spacial score (nSPS) is 19.4. The van der Waals surface area contributed by atoms with E-state index in [-0.39, 0.29) is 24.6 Å². The summed E-state index contributed by atoms with van der Waals surface area (Å²) in [5.74, 6) is -0.748. The molecule has 1 atom stereocenters. The largest absolute Gasteiger partial charge is 0.416 e. The van der Waals surface area contributed by atoms with Gasteiger partial charge in [0.1, 0.15) is 5.82 Å². The fourth-order valence-electron chi connectivity index (χ4n) is 2.59. The SMILES string of the molecule is CC1CCN(CC(=O)NCc2ccc(F)cc2C(F)(F)F)C1. The minimum absolute atomic E-state index is 0.142. The Balaban J connectivity index is 1.95. The maximum absolute atomic E-state index is 13.0. The molecule has 1 amide bonds. The van der Waals surface area contributed by atoms with Crippen LogP contribution in [0, 0.1) is 11.7 Å². The third-order valence-electron chi connectivity index (χ3n) is 3.73. The standard InChI is InChI=1S/C15H18F4N2O/c1-10-4-5-21(8-10)9-14(22)20-7-11-2-3-12(16)6-13(11)15(17,18)19/h2-3,6,10H,4-5,7-9H2,1H3,(H,20,22). The van der Waals surface area contributed by atoms with Crippen LogP contribution < -0.4 is 5.32 Å². The van der Waals surface area contributed by atoms with Crippen molar-refractivity contribution in [3.8, 4) is 0 Å². The number of carbonyl (C=O) groups is 1. The van der Waals surface area contributed by atoms with Crippen molar-refractivity contribution >= 4 is 5.91 Å². The molecule has 2 rings (SSSR count). The molecule has 0 aliphatic carbocycles. The van der Waals surface area contributed by atoms with Crippen LogP contribution in [0.4, 0.5) is 17.6 Å². The predicted molar refractivity (Wildman–Crippen MR) is 73.5 cm³/mol. The molecule has 0 bridgehead atoms. The first-order valence-corrected chi connectivity index (χ1v) is 7.10. The number of hydrogen-bond donors (Lipinski definition) is 1. The van der Waals surface area contributed by atoms with Gasteiger partial charge in [0.05, 0.1) is 12.1 Å². The van der Waals surface area contributed by atoms with Crippen LogP contribution in [0.2, 0.25) is 0 Å². The van der Waals surface area contributed by atoms with Gasteiger partial charge in [0.25, 0.3) is 0 Å². The second-order valence-corrected chi connectivity index (χ2v) is 5.70. The maximum atomic E-state index is 13.0. The summed E-state index contributed by atoms with van der Waals surface area (Å²) in [5.41, 5.74) is -1.19. The monoisotopic (exact) mass is 318 g/mol. The molecule has 0 spiro atoms. The van der Waals surface area contributed by atoms with E-state index >= 15 is 0 Å². The van der Waals surface area contributed by atoms with Gasteiger partial charge in [0.15, 0.2) is 0 Å². The van der Waals surface area contributed by atoms with Crippen LogP contribution >= 0.6 is 0 Å². The third kappa shape index (κ3) is 4.43. The van der Waals surface area contributed by atoms with E-state index in [4.69, 9.17) is 0 Å². The van der Waals surface area contributed by atoms with Crippen molar-refractivity contribution in [2.24, 2.45) is 5.92 Å². The third-order valence-corrected chi connectivity index (χ3v) is 3.73. The molecule has 1 aliphatic rings. The first-order valence-electron chi connectivity index (χ1n) is 7.10.